The number of non-ortho nitro benzene ring substituents is 1. The largest absolute Gasteiger partial charge is 0.351 e. The molecule has 0 radical (unpaired) electrons. The molecule has 0 unspecified atom stereocenters. The van der Waals surface area contributed by atoms with Gasteiger partial charge in [-0.05, 0) is 24.6 Å². The lowest BCUT2D eigenvalue weighted by Gasteiger charge is -2.01. The van der Waals surface area contributed by atoms with E-state index in [1.807, 2.05) is 6.92 Å². The van der Waals surface area contributed by atoms with Crippen molar-refractivity contribution in [2.45, 2.75) is 13.3 Å². The van der Waals surface area contributed by atoms with Gasteiger partial charge < -0.3 is 5.32 Å². The molecule has 0 bridgehead atoms. The lowest BCUT2D eigenvalue weighted by atomic mass is 10.3. The second kappa shape index (κ2) is 5.96. The van der Waals surface area contributed by atoms with Gasteiger partial charge in [-0.2, -0.15) is 5.10 Å². The highest BCUT2D eigenvalue weighted by Crippen LogP contribution is 2.14. The zero-order valence-electron chi connectivity index (χ0n) is 10.9. The van der Waals surface area contributed by atoms with Crippen LogP contribution >= 0.6 is 0 Å². The van der Waals surface area contributed by atoms with Crippen LogP contribution in [0.3, 0.4) is 0 Å². The van der Waals surface area contributed by atoms with Crippen molar-refractivity contribution in [3.8, 4) is 5.69 Å². The Kier molecular flexibility index (Phi) is 4.09. The predicted octanol–water partition coefficient (Wildman–Crippen LogP) is 1.92. The molecule has 7 heteroatoms. The van der Waals surface area contributed by atoms with Crippen LogP contribution in [-0.2, 0) is 0 Å². The molecule has 0 fully saturated rings. The van der Waals surface area contributed by atoms with E-state index in [0.29, 0.717) is 17.9 Å². The van der Waals surface area contributed by atoms with E-state index < -0.39 is 4.92 Å². The zero-order chi connectivity index (χ0) is 14.5. The number of rotatable bonds is 5. The Morgan fingerprint density at radius 1 is 1.35 bits per heavy atom. The van der Waals surface area contributed by atoms with Gasteiger partial charge in [-0.1, -0.05) is 6.92 Å². The molecule has 0 saturated carbocycles. The Morgan fingerprint density at radius 3 is 2.65 bits per heavy atom. The smallest absolute Gasteiger partial charge is 0.271 e. The first-order chi connectivity index (χ1) is 9.61. The Hall–Kier alpha value is -2.70. The summed E-state index contributed by atoms with van der Waals surface area (Å²) >= 11 is 0. The van der Waals surface area contributed by atoms with E-state index in [9.17, 15) is 14.9 Å². The van der Waals surface area contributed by atoms with E-state index in [0.717, 1.165) is 6.42 Å². The fraction of sp³-hybridized carbons (Fsp3) is 0.231. The number of nitro benzene ring substituents is 1. The molecular weight excluding hydrogens is 260 g/mol. The van der Waals surface area contributed by atoms with Crippen molar-refractivity contribution in [1.82, 2.24) is 15.1 Å². The van der Waals surface area contributed by atoms with Gasteiger partial charge in [0.05, 0.1) is 10.6 Å². The van der Waals surface area contributed by atoms with E-state index in [1.54, 1.807) is 24.4 Å². The van der Waals surface area contributed by atoms with Gasteiger partial charge in [0.25, 0.3) is 11.6 Å². The van der Waals surface area contributed by atoms with Crippen LogP contribution < -0.4 is 5.32 Å². The maximum absolute atomic E-state index is 11.7. The minimum Gasteiger partial charge on any atom is -0.351 e. The molecule has 2 aromatic rings. The van der Waals surface area contributed by atoms with E-state index >= 15 is 0 Å². The number of benzene rings is 1. The number of carbonyl (C=O) groups excluding carboxylic acids is 1. The number of aromatic nitrogens is 2. The van der Waals surface area contributed by atoms with Crippen LogP contribution in [0.25, 0.3) is 5.69 Å². The van der Waals surface area contributed by atoms with Gasteiger partial charge in [0, 0.05) is 24.9 Å². The third-order valence-electron chi connectivity index (χ3n) is 2.68. The van der Waals surface area contributed by atoms with Crippen molar-refractivity contribution < 1.29 is 9.72 Å². The minimum absolute atomic E-state index is 0.0156. The fourth-order valence-electron chi connectivity index (χ4n) is 1.65. The monoisotopic (exact) mass is 274 g/mol. The normalized spacial score (nSPS) is 10.2. The van der Waals surface area contributed by atoms with E-state index in [2.05, 4.69) is 10.4 Å². The van der Waals surface area contributed by atoms with Crippen molar-refractivity contribution >= 4 is 11.6 Å². The molecule has 1 amide bonds. The molecule has 0 aliphatic heterocycles. The molecule has 0 atom stereocenters. The van der Waals surface area contributed by atoms with Crippen LogP contribution in [0.5, 0.6) is 0 Å². The van der Waals surface area contributed by atoms with E-state index in [1.165, 1.54) is 16.8 Å². The molecule has 1 N–H and O–H groups in total. The van der Waals surface area contributed by atoms with Crippen molar-refractivity contribution in [2.24, 2.45) is 0 Å². The number of nitro groups is 1. The third-order valence-corrected chi connectivity index (χ3v) is 2.68. The van der Waals surface area contributed by atoms with E-state index in [-0.39, 0.29) is 11.6 Å². The fourth-order valence-corrected chi connectivity index (χ4v) is 1.65. The summed E-state index contributed by atoms with van der Waals surface area (Å²) in [4.78, 5) is 21.8. The number of nitrogens with one attached hydrogen (secondary N) is 1. The third kappa shape index (κ3) is 3.00. The zero-order valence-corrected chi connectivity index (χ0v) is 10.9. The molecule has 2 rings (SSSR count). The van der Waals surface area contributed by atoms with Crippen LogP contribution in [0.15, 0.2) is 36.5 Å². The van der Waals surface area contributed by atoms with Crippen molar-refractivity contribution in [1.29, 1.82) is 0 Å². The maximum atomic E-state index is 11.7. The van der Waals surface area contributed by atoms with Gasteiger partial charge in [-0.3, -0.25) is 14.9 Å². The topological polar surface area (TPSA) is 90.1 Å². The lowest BCUT2D eigenvalue weighted by Crippen LogP contribution is -2.24. The highest BCUT2D eigenvalue weighted by atomic mass is 16.6. The molecule has 0 spiro atoms. The molecule has 0 aliphatic rings. The molecule has 20 heavy (non-hydrogen) atoms. The van der Waals surface area contributed by atoms with Gasteiger partial charge in [0.2, 0.25) is 0 Å². The van der Waals surface area contributed by atoms with Gasteiger partial charge in [0.15, 0.2) is 5.69 Å². The summed E-state index contributed by atoms with van der Waals surface area (Å²) in [6.45, 7) is 2.57. The predicted molar refractivity (Wildman–Crippen MR) is 72.8 cm³/mol. The summed E-state index contributed by atoms with van der Waals surface area (Å²) in [5.74, 6) is -0.229. The van der Waals surface area contributed by atoms with Crippen LogP contribution in [0.2, 0.25) is 0 Å². The summed E-state index contributed by atoms with van der Waals surface area (Å²) < 4.78 is 1.50. The molecule has 1 aromatic heterocycles. The van der Waals surface area contributed by atoms with Crippen LogP contribution in [0, 0.1) is 10.1 Å². The lowest BCUT2D eigenvalue weighted by molar-refractivity contribution is -0.384. The summed E-state index contributed by atoms with van der Waals surface area (Å²) in [6, 6.07) is 7.56. The van der Waals surface area contributed by atoms with Crippen LogP contribution in [0.1, 0.15) is 23.8 Å². The van der Waals surface area contributed by atoms with Crippen molar-refractivity contribution in [3.05, 3.63) is 52.3 Å². The van der Waals surface area contributed by atoms with Crippen LogP contribution in [0.4, 0.5) is 5.69 Å². The van der Waals surface area contributed by atoms with Crippen molar-refractivity contribution in [2.75, 3.05) is 6.54 Å². The number of amides is 1. The second-order valence-corrected chi connectivity index (χ2v) is 4.17. The molecule has 7 nitrogen and oxygen atoms in total. The first-order valence-electron chi connectivity index (χ1n) is 6.20. The first kappa shape index (κ1) is 13.7. The average Bonchev–Trinajstić information content (AvgIpc) is 2.94. The number of hydrogen-bond acceptors (Lipinski definition) is 4. The second-order valence-electron chi connectivity index (χ2n) is 4.17. The first-order valence-corrected chi connectivity index (χ1v) is 6.20. The Bertz CT molecular complexity index is 619. The Morgan fingerprint density at radius 2 is 2.05 bits per heavy atom. The molecule has 104 valence electrons. The summed E-state index contributed by atoms with van der Waals surface area (Å²) in [6.07, 6.45) is 2.50. The summed E-state index contributed by atoms with van der Waals surface area (Å²) in [5.41, 5.74) is 0.990. The average molecular weight is 274 g/mol. The molecule has 1 aromatic carbocycles. The van der Waals surface area contributed by atoms with Gasteiger partial charge in [-0.25, -0.2) is 4.68 Å². The SMILES string of the molecule is CCCNC(=O)c1ccn(-c2ccc([N+](=O)[O-])cc2)n1. The molecular formula is C13H14N4O3. The Labute approximate surface area is 115 Å². The van der Waals surface area contributed by atoms with E-state index in [4.69, 9.17) is 0 Å². The summed E-state index contributed by atoms with van der Waals surface area (Å²) in [7, 11) is 0. The molecule has 0 aliphatic carbocycles. The standard InChI is InChI=1S/C13H14N4O3/c1-2-8-14-13(18)12-7-9-16(15-12)10-3-5-11(6-4-10)17(19)20/h3-7,9H,2,8H2,1H3,(H,14,18). The van der Waals surface area contributed by atoms with Crippen LogP contribution in [-0.4, -0.2) is 27.2 Å². The number of hydrogen-bond donors (Lipinski definition) is 1. The van der Waals surface area contributed by atoms with Gasteiger partial charge in [-0.15, -0.1) is 0 Å². The maximum Gasteiger partial charge on any atom is 0.271 e. The quantitative estimate of drug-likeness (QED) is 0.666. The van der Waals surface area contributed by atoms with Crippen molar-refractivity contribution in [3.63, 3.8) is 0 Å². The highest BCUT2D eigenvalue weighted by Gasteiger charge is 2.10. The molecule has 0 saturated heterocycles. The van der Waals surface area contributed by atoms with Gasteiger partial charge in [0.1, 0.15) is 0 Å². The van der Waals surface area contributed by atoms with Gasteiger partial charge >= 0.3 is 0 Å². The highest BCUT2D eigenvalue weighted by molar-refractivity contribution is 5.92. The minimum atomic E-state index is -0.462. The molecule has 1 heterocycles. The number of nitrogens with zero attached hydrogens (tertiary/aromatic N) is 3. The number of carbonyl (C=O) groups is 1. The Balaban J connectivity index is 2.16. The summed E-state index contributed by atoms with van der Waals surface area (Å²) in [5, 5.41) is 17.4.